The molecule has 6 aromatic rings. The molecule has 2 aromatic heterocycles. The van der Waals surface area contributed by atoms with Crippen LogP contribution in [0.15, 0.2) is 116 Å². The van der Waals surface area contributed by atoms with E-state index in [0.29, 0.717) is 38.2 Å². The molecule has 45 heavy (non-hydrogen) atoms. The lowest BCUT2D eigenvalue weighted by Gasteiger charge is -2.40. The largest absolute Gasteiger partial charge is 0.489 e. The summed E-state index contributed by atoms with van der Waals surface area (Å²) in [4.78, 5) is 38.3. The first-order valence-corrected chi connectivity index (χ1v) is 15.6. The Balaban J connectivity index is 1.05. The molecule has 0 bridgehead atoms. The summed E-state index contributed by atoms with van der Waals surface area (Å²) in [7, 11) is 0. The molecule has 7 nitrogen and oxygen atoms in total. The molecule has 3 heterocycles. The van der Waals surface area contributed by atoms with Crippen LogP contribution in [0, 0.1) is 0 Å². The van der Waals surface area contributed by atoms with Gasteiger partial charge in [-0.25, -0.2) is 0 Å². The second-order valence-corrected chi connectivity index (χ2v) is 11.7. The minimum atomic E-state index is -0.430. The Bertz CT molecular complexity index is 1930. The second-order valence-electron chi connectivity index (χ2n) is 11.7. The van der Waals surface area contributed by atoms with Crippen molar-refractivity contribution in [2.75, 3.05) is 26.2 Å². The number of amides is 1. The fourth-order valence-corrected chi connectivity index (χ4v) is 6.35. The molecule has 1 aliphatic heterocycles. The van der Waals surface area contributed by atoms with Crippen molar-refractivity contribution in [3.8, 4) is 5.75 Å². The Morgan fingerprint density at radius 3 is 2.24 bits per heavy atom. The number of aromatic amines is 2. The van der Waals surface area contributed by atoms with E-state index in [1.54, 1.807) is 6.20 Å². The van der Waals surface area contributed by atoms with Crippen LogP contribution >= 0.6 is 0 Å². The SMILES string of the molecule is O=C(CN1CCN(CCc2ccc(OCc3ccccc3)cc2)C(=O)C1Cc1c[nH]c2ccccc12)c1c[nH]c2ccccc12. The molecular weight excluding hydrogens is 560 g/mol. The van der Waals surface area contributed by atoms with Crippen LogP contribution in [0.4, 0.5) is 0 Å². The molecule has 0 spiro atoms. The molecule has 1 atom stereocenters. The van der Waals surface area contributed by atoms with Crippen molar-refractivity contribution in [2.24, 2.45) is 0 Å². The van der Waals surface area contributed by atoms with Crippen molar-refractivity contribution in [3.63, 3.8) is 0 Å². The number of H-pyrrole nitrogens is 2. The molecule has 7 rings (SSSR count). The number of hydrogen-bond acceptors (Lipinski definition) is 4. The van der Waals surface area contributed by atoms with Gasteiger partial charge in [0.2, 0.25) is 5.91 Å². The predicted molar refractivity (Wildman–Crippen MR) is 177 cm³/mol. The maximum atomic E-state index is 14.1. The van der Waals surface area contributed by atoms with Crippen molar-refractivity contribution < 1.29 is 14.3 Å². The maximum Gasteiger partial charge on any atom is 0.240 e. The molecule has 0 aliphatic carbocycles. The van der Waals surface area contributed by atoms with Crippen LogP contribution in [-0.2, 0) is 24.2 Å². The number of rotatable bonds is 11. The molecule has 226 valence electrons. The summed E-state index contributed by atoms with van der Waals surface area (Å²) in [6.45, 7) is 2.57. The van der Waals surface area contributed by atoms with Gasteiger partial charge in [0, 0.05) is 59.4 Å². The number of nitrogens with one attached hydrogen (secondary N) is 2. The fraction of sp³-hybridized carbons (Fsp3) is 0.211. The zero-order chi connectivity index (χ0) is 30.6. The molecule has 4 aromatic carbocycles. The Kier molecular flexibility index (Phi) is 8.17. The van der Waals surface area contributed by atoms with Crippen LogP contribution in [0.2, 0.25) is 0 Å². The van der Waals surface area contributed by atoms with Crippen LogP contribution in [0.3, 0.4) is 0 Å². The van der Waals surface area contributed by atoms with E-state index in [1.165, 1.54) is 0 Å². The van der Waals surface area contributed by atoms with Gasteiger partial charge in [-0.1, -0.05) is 78.9 Å². The number of ether oxygens (including phenoxy) is 1. The quantitative estimate of drug-likeness (QED) is 0.170. The van der Waals surface area contributed by atoms with E-state index in [-0.39, 0.29) is 18.2 Å². The third kappa shape index (κ3) is 6.26. The minimum Gasteiger partial charge on any atom is -0.489 e. The molecule has 0 radical (unpaired) electrons. The van der Waals surface area contributed by atoms with Gasteiger partial charge in [-0.3, -0.25) is 14.5 Å². The first kappa shape index (κ1) is 28.6. The van der Waals surface area contributed by atoms with Crippen LogP contribution in [0.5, 0.6) is 5.75 Å². The monoisotopic (exact) mass is 596 g/mol. The Morgan fingerprint density at radius 2 is 1.44 bits per heavy atom. The van der Waals surface area contributed by atoms with Crippen molar-refractivity contribution in [1.29, 1.82) is 0 Å². The van der Waals surface area contributed by atoms with Gasteiger partial charge in [0.15, 0.2) is 5.78 Å². The predicted octanol–water partition coefficient (Wildman–Crippen LogP) is 6.41. The van der Waals surface area contributed by atoms with Gasteiger partial charge in [-0.15, -0.1) is 0 Å². The van der Waals surface area contributed by atoms with Gasteiger partial charge in [0.05, 0.1) is 12.6 Å². The van der Waals surface area contributed by atoms with Crippen LogP contribution in [-0.4, -0.2) is 63.7 Å². The number of carbonyl (C=O) groups excluding carboxylic acids is 2. The number of para-hydroxylation sites is 2. The molecule has 1 fully saturated rings. The summed E-state index contributed by atoms with van der Waals surface area (Å²) >= 11 is 0. The number of ketones is 1. The first-order chi connectivity index (χ1) is 22.1. The van der Waals surface area contributed by atoms with Gasteiger partial charge < -0.3 is 19.6 Å². The molecule has 1 unspecified atom stereocenters. The summed E-state index contributed by atoms with van der Waals surface area (Å²) in [5.41, 5.74) is 6.02. The molecule has 7 heteroatoms. The van der Waals surface area contributed by atoms with Gasteiger partial charge in [0.1, 0.15) is 12.4 Å². The fourth-order valence-electron chi connectivity index (χ4n) is 6.35. The lowest BCUT2D eigenvalue weighted by Crippen LogP contribution is -2.59. The van der Waals surface area contributed by atoms with E-state index < -0.39 is 6.04 Å². The summed E-state index contributed by atoms with van der Waals surface area (Å²) in [5, 5.41) is 2.03. The summed E-state index contributed by atoms with van der Waals surface area (Å²) in [6, 6.07) is 33.8. The first-order valence-electron chi connectivity index (χ1n) is 15.6. The van der Waals surface area contributed by atoms with Crippen LogP contribution < -0.4 is 4.74 Å². The smallest absolute Gasteiger partial charge is 0.240 e. The van der Waals surface area contributed by atoms with E-state index in [1.807, 2.05) is 83.9 Å². The lowest BCUT2D eigenvalue weighted by molar-refractivity contribution is -0.141. The minimum absolute atomic E-state index is 0.0206. The summed E-state index contributed by atoms with van der Waals surface area (Å²) < 4.78 is 5.94. The number of fused-ring (bicyclic) bond motifs is 2. The van der Waals surface area contributed by atoms with Crippen molar-refractivity contribution >= 4 is 33.5 Å². The number of Topliss-reactive ketones (excluding diaryl/α,β-unsaturated/α-hetero) is 1. The Hall–Kier alpha value is -5.14. The number of nitrogens with zero attached hydrogens (tertiary/aromatic N) is 2. The maximum absolute atomic E-state index is 14.1. The Morgan fingerprint density at radius 1 is 0.756 bits per heavy atom. The second kappa shape index (κ2) is 12.8. The Labute approximate surface area is 262 Å². The van der Waals surface area contributed by atoms with Gasteiger partial charge in [-0.2, -0.15) is 0 Å². The average Bonchev–Trinajstić information content (AvgIpc) is 3.70. The molecular formula is C38H36N4O3. The number of hydrogen-bond donors (Lipinski definition) is 2. The van der Waals surface area contributed by atoms with Crippen molar-refractivity contribution in [2.45, 2.75) is 25.5 Å². The third-order valence-corrected chi connectivity index (χ3v) is 8.86. The molecule has 1 amide bonds. The zero-order valence-electron chi connectivity index (χ0n) is 25.1. The van der Waals surface area contributed by atoms with E-state index in [9.17, 15) is 9.59 Å². The normalized spacial score (nSPS) is 15.6. The van der Waals surface area contributed by atoms with Gasteiger partial charge >= 0.3 is 0 Å². The van der Waals surface area contributed by atoms with Crippen LogP contribution in [0.1, 0.15) is 27.0 Å². The summed E-state index contributed by atoms with van der Waals surface area (Å²) in [5.74, 6) is 0.916. The van der Waals surface area contributed by atoms with Gasteiger partial charge in [-0.05, 0) is 53.8 Å². The van der Waals surface area contributed by atoms with Crippen LogP contribution in [0.25, 0.3) is 21.8 Å². The van der Waals surface area contributed by atoms with E-state index >= 15 is 0 Å². The molecule has 1 aliphatic rings. The van der Waals surface area contributed by atoms with Crippen molar-refractivity contribution in [1.82, 2.24) is 19.8 Å². The van der Waals surface area contributed by atoms with E-state index in [4.69, 9.17) is 4.74 Å². The van der Waals surface area contributed by atoms with E-state index in [0.717, 1.165) is 50.7 Å². The standard InChI is InChI=1S/C38H36N4O3/c43-37(33-24-40-35-13-7-5-11-32(33)35)25-42-21-20-41(38(44)36(42)22-29-23-39-34-12-6-4-10-31(29)34)19-18-27-14-16-30(17-15-27)45-26-28-8-2-1-3-9-28/h1-17,23-24,36,39-40H,18-22,25-26H2. The lowest BCUT2D eigenvalue weighted by atomic mass is 9.99. The van der Waals surface area contributed by atoms with Gasteiger partial charge in [0.25, 0.3) is 0 Å². The molecule has 1 saturated heterocycles. The topological polar surface area (TPSA) is 81.4 Å². The van der Waals surface area contributed by atoms with E-state index in [2.05, 4.69) is 45.2 Å². The number of carbonyl (C=O) groups is 2. The third-order valence-electron chi connectivity index (χ3n) is 8.86. The highest BCUT2D eigenvalue weighted by Gasteiger charge is 2.36. The average molecular weight is 597 g/mol. The molecule has 2 N–H and O–H groups in total. The highest BCUT2D eigenvalue weighted by molar-refractivity contribution is 6.09. The number of aromatic nitrogens is 2. The molecule has 0 saturated carbocycles. The highest BCUT2D eigenvalue weighted by Crippen LogP contribution is 2.25. The highest BCUT2D eigenvalue weighted by atomic mass is 16.5. The van der Waals surface area contributed by atoms with Crippen molar-refractivity contribution in [3.05, 3.63) is 138 Å². The summed E-state index contributed by atoms with van der Waals surface area (Å²) in [6.07, 6.45) is 5.07. The zero-order valence-corrected chi connectivity index (χ0v) is 25.1. The number of piperazine rings is 1. The number of benzene rings is 4.